The molecule has 0 radical (unpaired) electrons. The number of pyridine rings is 1. The molecule has 4 rings (SSSR count). The first-order chi connectivity index (χ1) is 13.2. The van der Waals surface area contributed by atoms with Crippen LogP contribution < -0.4 is 10.1 Å². The Bertz CT molecular complexity index is 1020. The first-order valence-corrected chi connectivity index (χ1v) is 8.76. The average molecular weight is 357 g/mol. The van der Waals surface area contributed by atoms with Gasteiger partial charge in [0.2, 0.25) is 0 Å². The van der Waals surface area contributed by atoms with E-state index in [1.807, 2.05) is 89.6 Å². The molecule has 1 N–H and O–H groups in total. The van der Waals surface area contributed by atoms with Crippen molar-refractivity contribution >= 4 is 17.2 Å². The van der Waals surface area contributed by atoms with Crippen molar-refractivity contribution in [2.45, 2.75) is 13.0 Å². The van der Waals surface area contributed by atoms with Gasteiger partial charge in [-0.05, 0) is 43.3 Å². The molecule has 4 aromatic rings. The Morgan fingerprint density at radius 2 is 1.74 bits per heavy atom. The number of rotatable bonds is 5. The SMILES string of the molecule is CC(Oc1ccccc1)C(=O)Nc1ccc(-c2cn3ccccc3n2)cc1. The van der Waals surface area contributed by atoms with Crippen LogP contribution in [-0.4, -0.2) is 21.4 Å². The van der Waals surface area contributed by atoms with Gasteiger partial charge in [-0.25, -0.2) is 4.98 Å². The van der Waals surface area contributed by atoms with Gasteiger partial charge in [-0.2, -0.15) is 0 Å². The number of hydrogen-bond donors (Lipinski definition) is 1. The Balaban J connectivity index is 1.43. The Morgan fingerprint density at radius 3 is 2.48 bits per heavy atom. The average Bonchev–Trinajstić information content (AvgIpc) is 3.13. The third kappa shape index (κ3) is 3.82. The number of hydrogen-bond acceptors (Lipinski definition) is 3. The van der Waals surface area contributed by atoms with Gasteiger partial charge in [-0.3, -0.25) is 4.79 Å². The van der Waals surface area contributed by atoms with Gasteiger partial charge in [0.05, 0.1) is 5.69 Å². The Labute approximate surface area is 157 Å². The van der Waals surface area contributed by atoms with Crippen LogP contribution in [0.3, 0.4) is 0 Å². The van der Waals surface area contributed by atoms with Gasteiger partial charge < -0.3 is 14.5 Å². The van der Waals surface area contributed by atoms with Crippen molar-refractivity contribution in [3.63, 3.8) is 0 Å². The van der Waals surface area contributed by atoms with Gasteiger partial charge in [0.1, 0.15) is 11.4 Å². The number of benzene rings is 2. The van der Waals surface area contributed by atoms with Crippen LogP contribution in [0.4, 0.5) is 5.69 Å². The topological polar surface area (TPSA) is 55.6 Å². The molecule has 27 heavy (non-hydrogen) atoms. The van der Waals surface area contributed by atoms with Crippen molar-refractivity contribution in [3.8, 4) is 17.0 Å². The lowest BCUT2D eigenvalue weighted by atomic mass is 10.1. The highest BCUT2D eigenvalue weighted by molar-refractivity contribution is 5.94. The normalized spacial score (nSPS) is 11.9. The zero-order valence-corrected chi connectivity index (χ0v) is 14.9. The number of carbonyl (C=O) groups excluding carboxylic acids is 1. The number of imidazole rings is 1. The van der Waals surface area contributed by atoms with E-state index in [1.165, 1.54) is 0 Å². The molecule has 1 unspecified atom stereocenters. The summed E-state index contributed by atoms with van der Waals surface area (Å²) in [6.45, 7) is 1.73. The van der Waals surface area contributed by atoms with E-state index in [2.05, 4.69) is 10.3 Å². The van der Waals surface area contributed by atoms with E-state index in [-0.39, 0.29) is 5.91 Å². The van der Waals surface area contributed by atoms with Crippen LogP contribution in [-0.2, 0) is 4.79 Å². The van der Waals surface area contributed by atoms with Crippen molar-refractivity contribution < 1.29 is 9.53 Å². The van der Waals surface area contributed by atoms with E-state index >= 15 is 0 Å². The Kier molecular flexibility index (Phi) is 4.58. The van der Waals surface area contributed by atoms with E-state index in [4.69, 9.17) is 4.74 Å². The number of nitrogens with zero attached hydrogens (tertiary/aromatic N) is 2. The fourth-order valence-corrected chi connectivity index (χ4v) is 2.80. The number of ether oxygens (including phenoxy) is 1. The molecule has 2 aromatic carbocycles. The van der Waals surface area contributed by atoms with Gasteiger partial charge in [0.25, 0.3) is 5.91 Å². The fourth-order valence-electron chi connectivity index (χ4n) is 2.80. The number of aromatic nitrogens is 2. The number of anilines is 1. The van der Waals surface area contributed by atoms with Crippen molar-refractivity contribution in [2.24, 2.45) is 0 Å². The molecular formula is C22H19N3O2. The maximum absolute atomic E-state index is 12.3. The van der Waals surface area contributed by atoms with Crippen LogP contribution in [0.2, 0.25) is 0 Å². The van der Waals surface area contributed by atoms with Crippen LogP contribution in [0.5, 0.6) is 5.75 Å². The minimum atomic E-state index is -0.592. The molecule has 5 nitrogen and oxygen atoms in total. The molecule has 0 fully saturated rings. The molecule has 0 aliphatic rings. The van der Waals surface area contributed by atoms with Gasteiger partial charge in [-0.1, -0.05) is 36.4 Å². The lowest BCUT2D eigenvalue weighted by Gasteiger charge is -2.14. The van der Waals surface area contributed by atoms with Gasteiger partial charge in [0, 0.05) is 23.6 Å². The molecule has 0 spiro atoms. The monoisotopic (exact) mass is 357 g/mol. The molecule has 1 amide bonds. The lowest BCUT2D eigenvalue weighted by molar-refractivity contribution is -0.122. The maximum Gasteiger partial charge on any atom is 0.265 e. The summed E-state index contributed by atoms with van der Waals surface area (Å²) in [5.74, 6) is 0.474. The number of carbonyl (C=O) groups is 1. The van der Waals surface area contributed by atoms with Gasteiger partial charge in [-0.15, -0.1) is 0 Å². The summed E-state index contributed by atoms with van der Waals surface area (Å²) in [5, 5.41) is 2.88. The molecule has 134 valence electrons. The highest BCUT2D eigenvalue weighted by Gasteiger charge is 2.15. The van der Waals surface area contributed by atoms with E-state index in [1.54, 1.807) is 6.92 Å². The zero-order chi connectivity index (χ0) is 18.6. The number of amides is 1. The maximum atomic E-state index is 12.3. The number of nitrogens with one attached hydrogen (secondary N) is 1. The molecule has 0 aliphatic carbocycles. The molecule has 0 saturated heterocycles. The van der Waals surface area contributed by atoms with Crippen LogP contribution in [0, 0.1) is 0 Å². The summed E-state index contributed by atoms with van der Waals surface area (Å²) in [6, 6.07) is 22.8. The zero-order valence-electron chi connectivity index (χ0n) is 14.9. The van der Waals surface area contributed by atoms with Crippen LogP contribution in [0.1, 0.15) is 6.92 Å². The molecule has 2 heterocycles. The third-order valence-electron chi connectivity index (χ3n) is 4.24. The molecule has 0 saturated carbocycles. The fraction of sp³-hybridized carbons (Fsp3) is 0.0909. The van der Waals surface area contributed by atoms with E-state index in [0.29, 0.717) is 5.75 Å². The molecular weight excluding hydrogens is 338 g/mol. The minimum absolute atomic E-state index is 0.195. The quantitative estimate of drug-likeness (QED) is 0.576. The summed E-state index contributed by atoms with van der Waals surface area (Å²) in [4.78, 5) is 16.9. The first-order valence-electron chi connectivity index (χ1n) is 8.76. The smallest absolute Gasteiger partial charge is 0.265 e. The van der Waals surface area contributed by atoms with Gasteiger partial charge >= 0.3 is 0 Å². The lowest BCUT2D eigenvalue weighted by Crippen LogP contribution is -2.30. The molecule has 0 bridgehead atoms. The van der Waals surface area contributed by atoms with Crippen LogP contribution in [0.25, 0.3) is 16.9 Å². The second kappa shape index (κ2) is 7.33. The van der Waals surface area contributed by atoms with Crippen LogP contribution in [0.15, 0.2) is 85.2 Å². The summed E-state index contributed by atoms with van der Waals surface area (Å²) in [7, 11) is 0. The molecule has 2 aromatic heterocycles. The van der Waals surface area contributed by atoms with Crippen molar-refractivity contribution in [3.05, 3.63) is 85.2 Å². The van der Waals surface area contributed by atoms with Crippen LogP contribution >= 0.6 is 0 Å². The standard InChI is InChI=1S/C22H19N3O2/c1-16(27-19-7-3-2-4-8-19)22(26)23-18-12-10-17(11-13-18)20-15-25-14-6-5-9-21(25)24-20/h2-16H,1H3,(H,23,26). The molecule has 0 aliphatic heterocycles. The summed E-state index contributed by atoms with van der Waals surface area (Å²) in [5.41, 5.74) is 3.50. The van der Waals surface area contributed by atoms with Crippen molar-refractivity contribution in [2.75, 3.05) is 5.32 Å². The first kappa shape index (κ1) is 16.8. The molecule has 5 heteroatoms. The Hall–Kier alpha value is -3.60. The number of para-hydroxylation sites is 1. The van der Waals surface area contributed by atoms with Gasteiger partial charge in [0.15, 0.2) is 6.10 Å². The van der Waals surface area contributed by atoms with E-state index in [9.17, 15) is 4.79 Å². The highest BCUT2D eigenvalue weighted by Crippen LogP contribution is 2.21. The second-order valence-corrected chi connectivity index (χ2v) is 6.23. The number of fused-ring (bicyclic) bond motifs is 1. The summed E-state index contributed by atoms with van der Waals surface area (Å²) in [6.07, 6.45) is 3.36. The van der Waals surface area contributed by atoms with E-state index in [0.717, 1.165) is 22.6 Å². The minimum Gasteiger partial charge on any atom is -0.481 e. The predicted octanol–water partition coefficient (Wildman–Crippen LogP) is 4.41. The summed E-state index contributed by atoms with van der Waals surface area (Å²) >= 11 is 0. The second-order valence-electron chi connectivity index (χ2n) is 6.23. The summed E-state index contributed by atoms with van der Waals surface area (Å²) < 4.78 is 7.63. The predicted molar refractivity (Wildman–Crippen MR) is 106 cm³/mol. The molecule has 1 atom stereocenters. The highest BCUT2D eigenvalue weighted by atomic mass is 16.5. The van der Waals surface area contributed by atoms with E-state index < -0.39 is 6.10 Å². The van der Waals surface area contributed by atoms with Crippen molar-refractivity contribution in [1.29, 1.82) is 0 Å². The largest absolute Gasteiger partial charge is 0.481 e. The van der Waals surface area contributed by atoms with Crippen molar-refractivity contribution in [1.82, 2.24) is 9.38 Å². The third-order valence-corrected chi connectivity index (χ3v) is 4.24. The Morgan fingerprint density at radius 1 is 1.00 bits per heavy atom.